The molecular formula is C12H14N2O3. The summed E-state index contributed by atoms with van der Waals surface area (Å²) in [5.41, 5.74) is -1.24. The van der Waals surface area contributed by atoms with Crippen molar-refractivity contribution in [2.24, 2.45) is 0 Å². The van der Waals surface area contributed by atoms with Crippen LogP contribution in [0.2, 0.25) is 0 Å². The standard InChI is InChI=1S/C12H14N2O3/c1-12(2,3)14-10(16)9-7(13-11(14)17)5-4-6-8(9)15/h4-6,15H,1-3H3,(H,13,17). The fourth-order valence-corrected chi connectivity index (χ4v) is 1.85. The molecule has 0 saturated heterocycles. The number of nitrogens with zero attached hydrogens (tertiary/aromatic N) is 1. The maximum atomic E-state index is 12.2. The number of aromatic hydroxyl groups is 1. The van der Waals surface area contributed by atoms with Crippen molar-refractivity contribution in [3.05, 3.63) is 39.0 Å². The fourth-order valence-electron chi connectivity index (χ4n) is 1.85. The molecule has 0 bridgehead atoms. The van der Waals surface area contributed by atoms with Crippen molar-refractivity contribution in [2.75, 3.05) is 0 Å². The molecule has 0 fully saturated rings. The van der Waals surface area contributed by atoms with Crippen LogP contribution in [0, 0.1) is 0 Å². The number of aromatic nitrogens is 2. The summed E-state index contributed by atoms with van der Waals surface area (Å²) >= 11 is 0. The predicted molar refractivity (Wildman–Crippen MR) is 65.5 cm³/mol. The molecule has 1 aromatic carbocycles. The van der Waals surface area contributed by atoms with Crippen LogP contribution in [0.3, 0.4) is 0 Å². The number of phenols is 1. The molecule has 0 amide bonds. The van der Waals surface area contributed by atoms with Crippen molar-refractivity contribution in [1.29, 1.82) is 0 Å². The lowest BCUT2D eigenvalue weighted by atomic mass is 10.1. The van der Waals surface area contributed by atoms with Crippen molar-refractivity contribution in [1.82, 2.24) is 9.55 Å². The summed E-state index contributed by atoms with van der Waals surface area (Å²) in [6.07, 6.45) is 0. The Morgan fingerprint density at radius 3 is 2.47 bits per heavy atom. The highest BCUT2D eigenvalue weighted by Gasteiger charge is 2.20. The Balaban J connectivity index is 3.05. The molecule has 0 aliphatic carbocycles. The minimum Gasteiger partial charge on any atom is -0.507 e. The minimum absolute atomic E-state index is 0.123. The van der Waals surface area contributed by atoms with Crippen LogP contribution in [-0.4, -0.2) is 14.7 Å². The number of rotatable bonds is 0. The Morgan fingerprint density at radius 2 is 1.88 bits per heavy atom. The summed E-state index contributed by atoms with van der Waals surface area (Å²) in [4.78, 5) is 26.6. The second-order valence-electron chi connectivity index (χ2n) is 4.94. The van der Waals surface area contributed by atoms with Gasteiger partial charge in [0.2, 0.25) is 0 Å². The van der Waals surface area contributed by atoms with Gasteiger partial charge in [-0.05, 0) is 32.9 Å². The van der Waals surface area contributed by atoms with E-state index < -0.39 is 16.8 Å². The first kappa shape index (κ1) is 11.4. The maximum absolute atomic E-state index is 12.2. The molecular weight excluding hydrogens is 220 g/mol. The molecule has 1 heterocycles. The number of aromatic amines is 1. The van der Waals surface area contributed by atoms with Gasteiger partial charge in [-0.25, -0.2) is 4.79 Å². The van der Waals surface area contributed by atoms with Gasteiger partial charge in [-0.3, -0.25) is 9.36 Å². The summed E-state index contributed by atoms with van der Waals surface area (Å²) in [7, 11) is 0. The molecule has 0 radical (unpaired) electrons. The Labute approximate surface area is 97.3 Å². The number of phenolic OH excluding ortho intramolecular Hbond substituents is 1. The van der Waals surface area contributed by atoms with Gasteiger partial charge in [-0.1, -0.05) is 6.07 Å². The van der Waals surface area contributed by atoms with Crippen molar-refractivity contribution < 1.29 is 5.11 Å². The van der Waals surface area contributed by atoms with Crippen molar-refractivity contribution >= 4 is 10.9 Å². The quantitative estimate of drug-likeness (QED) is 0.718. The largest absolute Gasteiger partial charge is 0.507 e. The number of fused-ring (bicyclic) bond motifs is 1. The van der Waals surface area contributed by atoms with Gasteiger partial charge in [0.1, 0.15) is 11.1 Å². The zero-order chi connectivity index (χ0) is 12.8. The summed E-state index contributed by atoms with van der Waals surface area (Å²) in [5.74, 6) is -0.123. The molecule has 17 heavy (non-hydrogen) atoms. The normalized spacial score (nSPS) is 11.9. The molecule has 0 saturated carbocycles. The molecule has 5 nitrogen and oxygen atoms in total. The van der Waals surface area contributed by atoms with Gasteiger partial charge in [0, 0.05) is 5.54 Å². The van der Waals surface area contributed by atoms with Crippen LogP contribution in [0.5, 0.6) is 5.75 Å². The van der Waals surface area contributed by atoms with Gasteiger partial charge in [-0.2, -0.15) is 0 Å². The first-order valence-corrected chi connectivity index (χ1v) is 5.30. The monoisotopic (exact) mass is 234 g/mol. The Kier molecular flexibility index (Phi) is 2.34. The average Bonchev–Trinajstić information content (AvgIpc) is 2.14. The molecule has 1 aromatic heterocycles. The zero-order valence-corrected chi connectivity index (χ0v) is 9.94. The highest BCUT2D eigenvalue weighted by Crippen LogP contribution is 2.19. The first-order valence-electron chi connectivity index (χ1n) is 5.30. The molecule has 0 atom stereocenters. The molecule has 0 unspecified atom stereocenters. The summed E-state index contributed by atoms with van der Waals surface area (Å²) in [6, 6.07) is 4.59. The van der Waals surface area contributed by atoms with E-state index in [1.807, 2.05) is 0 Å². The number of benzene rings is 1. The number of hydrogen-bond donors (Lipinski definition) is 2. The number of hydrogen-bond acceptors (Lipinski definition) is 3. The lowest BCUT2D eigenvalue weighted by Crippen LogP contribution is -2.44. The summed E-state index contributed by atoms with van der Waals surface area (Å²) in [6.45, 7) is 5.28. The smallest absolute Gasteiger partial charge is 0.329 e. The van der Waals surface area contributed by atoms with Crippen LogP contribution in [0.1, 0.15) is 20.8 Å². The lowest BCUT2D eigenvalue weighted by Gasteiger charge is -2.21. The van der Waals surface area contributed by atoms with Crippen LogP contribution < -0.4 is 11.2 Å². The fraction of sp³-hybridized carbons (Fsp3) is 0.333. The van der Waals surface area contributed by atoms with Crippen LogP contribution in [0.15, 0.2) is 27.8 Å². The zero-order valence-electron chi connectivity index (χ0n) is 9.94. The molecule has 2 N–H and O–H groups in total. The topological polar surface area (TPSA) is 75.1 Å². The maximum Gasteiger partial charge on any atom is 0.329 e. The molecule has 0 aliphatic rings. The second-order valence-corrected chi connectivity index (χ2v) is 4.94. The summed E-state index contributed by atoms with van der Waals surface area (Å²) < 4.78 is 1.11. The Bertz CT molecular complexity index is 689. The Hall–Kier alpha value is -2.04. The van der Waals surface area contributed by atoms with Crippen LogP contribution in [0.4, 0.5) is 0 Å². The Morgan fingerprint density at radius 1 is 1.24 bits per heavy atom. The number of H-pyrrole nitrogens is 1. The third-order valence-corrected chi connectivity index (χ3v) is 2.57. The van der Waals surface area contributed by atoms with E-state index in [0.717, 1.165) is 4.57 Å². The van der Waals surface area contributed by atoms with E-state index in [9.17, 15) is 14.7 Å². The predicted octanol–water partition coefficient (Wildman–Crippen LogP) is 1.15. The van der Waals surface area contributed by atoms with Crippen molar-refractivity contribution in [3.63, 3.8) is 0 Å². The number of nitrogens with one attached hydrogen (secondary N) is 1. The van der Waals surface area contributed by atoms with Crippen LogP contribution in [0.25, 0.3) is 10.9 Å². The lowest BCUT2D eigenvalue weighted by molar-refractivity contribution is 0.369. The van der Waals surface area contributed by atoms with E-state index in [1.54, 1.807) is 32.9 Å². The van der Waals surface area contributed by atoms with Gasteiger partial charge < -0.3 is 10.1 Å². The second kappa shape index (κ2) is 3.48. The van der Waals surface area contributed by atoms with E-state index in [-0.39, 0.29) is 11.1 Å². The van der Waals surface area contributed by atoms with E-state index in [2.05, 4.69) is 4.98 Å². The minimum atomic E-state index is -0.638. The van der Waals surface area contributed by atoms with Crippen molar-refractivity contribution in [2.45, 2.75) is 26.3 Å². The molecule has 2 aromatic rings. The third kappa shape index (κ3) is 1.73. The van der Waals surface area contributed by atoms with E-state index in [0.29, 0.717) is 5.52 Å². The molecule has 2 rings (SSSR count). The first-order chi connectivity index (χ1) is 7.82. The van der Waals surface area contributed by atoms with Crippen LogP contribution in [-0.2, 0) is 5.54 Å². The van der Waals surface area contributed by atoms with Gasteiger partial charge >= 0.3 is 5.69 Å². The van der Waals surface area contributed by atoms with Gasteiger partial charge in [0.05, 0.1) is 5.52 Å². The highest BCUT2D eigenvalue weighted by atomic mass is 16.3. The summed E-state index contributed by atoms with van der Waals surface area (Å²) in [5, 5.41) is 9.84. The average molecular weight is 234 g/mol. The molecule has 0 aliphatic heterocycles. The van der Waals surface area contributed by atoms with Gasteiger partial charge in [-0.15, -0.1) is 0 Å². The highest BCUT2D eigenvalue weighted by molar-refractivity contribution is 5.83. The van der Waals surface area contributed by atoms with Gasteiger partial charge in [0.15, 0.2) is 0 Å². The van der Waals surface area contributed by atoms with Gasteiger partial charge in [0.25, 0.3) is 5.56 Å². The van der Waals surface area contributed by atoms with E-state index >= 15 is 0 Å². The molecule has 90 valence electrons. The van der Waals surface area contributed by atoms with Crippen molar-refractivity contribution in [3.8, 4) is 5.75 Å². The van der Waals surface area contributed by atoms with E-state index in [1.165, 1.54) is 6.07 Å². The van der Waals surface area contributed by atoms with Crippen LogP contribution >= 0.6 is 0 Å². The van der Waals surface area contributed by atoms with E-state index in [4.69, 9.17) is 0 Å². The molecule has 0 spiro atoms. The third-order valence-electron chi connectivity index (χ3n) is 2.57. The SMILES string of the molecule is CC(C)(C)n1c(=O)[nH]c2cccc(O)c2c1=O. The molecule has 5 heteroatoms.